The van der Waals surface area contributed by atoms with Gasteiger partial charge in [-0.1, -0.05) is 18.2 Å². The minimum Gasteiger partial charge on any atom is -0.331 e. The molecule has 1 unspecified atom stereocenters. The molecule has 0 spiro atoms. The SMILES string of the molecule is CC(C)n1ccnc1CN1CCCC(c2n[nH]c(=O)n2-c2ccccc2)C1. The van der Waals surface area contributed by atoms with Gasteiger partial charge in [-0.3, -0.25) is 4.90 Å². The highest BCUT2D eigenvalue weighted by Crippen LogP contribution is 2.27. The molecule has 1 N–H and O–H groups in total. The molecule has 1 aliphatic rings. The zero-order chi connectivity index (χ0) is 18.8. The second-order valence-electron chi connectivity index (χ2n) is 7.48. The number of hydrogen-bond donors (Lipinski definition) is 1. The van der Waals surface area contributed by atoms with Gasteiger partial charge in [0.1, 0.15) is 11.6 Å². The molecule has 0 bridgehead atoms. The topological polar surface area (TPSA) is 71.7 Å². The van der Waals surface area contributed by atoms with E-state index in [-0.39, 0.29) is 11.6 Å². The summed E-state index contributed by atoms with van der Waals surface area (Å²) in [6.07, 6.45) is 6.04. The number of nitrogens with one attached hydrogen (secondary N) is 1. The minimum atomic E-state index is -0.177. The summed E-state index contributed by atoms with van der Waals surface area (Å²) in [6, 6.07) is 10.1. The molecule has 7 nitrogen and oxygen atoms in total. The largest absolute Gasteiger partial charge is 0.347 e. The second kappa shape index (κ2) is 7.52. The zero-order valence-electron chi connectivity index (χ0n) is 15.9. The first-order chi connectivity index (χ1) is 13.1. The lowest BCUT2D eigenvalue weighted by Crippen LogP contribution is -2.36. The third-order valence-electron chi connectivity index (χ3n) is 5.25. The van der Waals surface area contributed by atoms with Crippen LogP contribution in [-0.4, -0.2) is 42.3 Å². The highest BCUT2D eigenvalue weighted by molar-refractivity contribution is 5.32. The molecule has 142 valence electrons. The fourth-order valence-corrected chi connectivity index (χ4v) is 3.96. The van der Waals surface area contributed by atoms with Gasteiger partial charge in [-0.2, -0.15) is 5.10 Å². The summed E-state index contributed by atoms with van der Waals surface area (Å²) in [5.74, 6) is 2.14. The van der Waals surface area contributed by atoms with Gasteiger partial charge in [0.05, 0.1) is 12.2 Å². The summed E-state index contributed by atoms with van der Waals surface area (Å²) < 4.78 is 3.93. The number of aromatic amines is 1. The van der Waals surface area contributed by atoms with Crippen LogP contribution < -0.4 is 5.69 Å². The zero-order valence-corrected chi connectivity index (χ0v) is 15.9. The van der Waals surface area contributed by atoms with Gasteiger partial charge in [0.15, 0.2) is 0 Å². The van der Waals surface area contributed by atoms with Gasteiger partial charge in [-0.25, -0.2) is 19.4 Å². The quantitative estimate of drug-likeness (QED) is 0.754. The molecule has 0 aliphatic carbocycles. The average molecular weight is 366 g/mol. The Morgan fingerprint density at radius 2 is 2.07 bits per heavy atom. The van der Waals surface area contributed by atoms with Crippen molar-refractivity contribution in [1.29, 1.82) is 0 Å². The Bertz CT molecular complexity index is 939. The Hall–Kier alpha value is -2.67. The van der Waals surface area contributed by atoms with Gasteiger partial charge >= 0.3 is 5.69 Å². The molecule has 1 aliphatic heterocycles. The number of piperidine rings is 1. The van der Waals surface area contributed by atoms with Gasteiger partial charge in [0, 0.05) is 30.9 Å². The van der Waals surface area contributed by atoms with Crippen LogP contribution in [0.4, 0.5) is 0 Å². The number of benzene rings is 1. The molecule has 3 aromatic rings. The van der Waals surface area contributed by atoms with Crippen LogP contribution in [0.3, 0.4) is 0 Å². The van der Waals surface area contributed by atoms with Crippen molar-refractivity contribution in [3.05, 3.63) is 64.9 Å². The Morgan fingerprint density at radius 3 is 2.85 bits per heavy atom. The van der Waals surface area contributed by atoms with E-state index in [9.17, 15) is 4.79 Å². The molecule has 1 saturated heterocycles. The van der Waals surface area contributed by atoms with Crippen LogP contribution in [0.1, 0.15) is 50.3 Å². The molecule has 1 fully saturated rings. The molecule has 7 heteroatoms. The van der Waals surface area contributed by atoms with Crippen LogP contribution in [0.5, 0.6) is 0 Å². The molecule has 1 aromatic carbocycles. The van der Waals surface area contributed by atoms with Crippen LogP contribution in [0.15, 0.2) is 47.5 Å². The van der Waals surface area contributed by atoms with Gasteiger partial charge in [0.25, 0.3) is 0 Å². The predicted molar refractivity (Wildman–Crippen MR) is 104 cm³/mol. The maximum atomic E-state index is 12.4. The Balaban J connectivity index is 1.56. The monoisotopic (exact) mass is 366 g/mol. The normalized spacial score (nSPS) is 18.3. The molecule has 1 atom stereocenters. The smallest absolute Gasteiger partial charge is 0.331 e. The summed E-state index contributed by atoms with van der Waals surface area (Å²) in [7, 11) is 0. The molecule has 3 heterocycles. The van der Waals surface area contributed by atoms with Gasteiger partial charge in [-0.05, 0) is 45.4 Å². The van der Waals surface area contributed by atoms with Crippen LogP contribution >= 0.6 is 0 Å². The van der Waals surface area contributed by atoms with E-state index in [2.05, 4.69) is 38.5 Å². The summed E-state index contributed by atoms with van der Waals surface area (Å²) in [6.45, 7) is 7.09. The van der Waals surface area contributed by atoms with Crippen molar-refractivity contribution in [1.82, 2.24) is 29.2 Å². The highest BCUT2D eigenvalue weighted by atomic mass is 16.1. The number of hydrogen-bond acceptors (Lipinski definition) is 4. The molecule has 0 radical (unpaired) electrons. The Labute approximate surface area is 158 Å². The van der Waals surface area contributed by atoms with Crippen LogP contribution in [0.2, 0.25) is 0 Å². The summed E-state index contributed by atoms with van der Waals surface area (Å²) in [4.78, 5) is 19.3. The molecular formula is C20H26N6O. The van der Waals surface area contributed by atoms with Crippen molar-refractivity contribution < 1.29 is 0 Å². The maximum Gasteiger partial charge on any atom is 0.347 e. The van der Waals surface area contributed by atoms with Crippen molar-refractivity contribution >= 4 is 0 Å². The van der Waals surface area contributed by atoms with E-state index in [0.717, 1.165) is 49.8 Å². The van der Waals surface area contributed by atoms with Crippen LogP contribution in [0, 0.1) is 0 Å². The lowest BCUT2D eigenvalue weighted by Gasteiger charge is -2.32. The van der Waals surface area contributed by atoms with Gasteiger partial charge < -0.3 is 4.57 Å². The lowest BCUT2D eigenvalue weighted by molar-refractivity contribution is 0.188. The third kappa shape index (κ3) is 3.60. The molecule has 27 heavy (non-hydrogen) atoms. The van der Waals surface area contributed by atoms with Gasteiger partial charge in [-0.15, -0.1) is 0 Å². The predicted octanol–water partition coefficient (Wildman–Crippen LogP) is 2.72. The Morgan fingerprint density at radius 1 is 1.26 bits per heavy atom. The van der Waals surface area contributed by atoms with Gasteiger partial charge in [0.2, 0.25) is 0 Å². The van der Waals surface area contributed by atoms with E-state index < -0.39 is 0 Å². The second-order valence-corrected chi connectivity index (χ2v) is 7.48. The minimum absolute atomic E-state index is 0.177. The van der Waals surface area contributed by atoms with Crippen molar-refractivity contribution in [2.24, 2.45) is 0 Å². The van der Waals surface area contributed by atoms with Crippen molar-refractivity contribution in [3.63, 3.8) is 0 Å². The number of imidazole rings is 1. The van der Waals surface area contributed by atoms with Crippen molar-refractivity contribution in [2.75, 3.05) is 13.1 Å². The lowest BCUT2D eigenvalue weighted by atomic mass is 9.97. The molecule has 0 saturated carbocycles. The van der Waals surface area contributed by atoms with E-state index in [4.69, 9.17) is 0 Å². The fraction of sp³-hybridized carbons (Fsp3) is 0.450. The number of rotatable bonds is 5. The molecule has 0 amide bonds. The summed E-state index contributed by atoms with van der Waals surface area (Å²) in [5.41, 5.74) is 0.683. The van der Waals surface area contributed by atoms with E-state index in [1.807, 2.05) is 42.7 Å². The van der Waals surface area contributed by atoms with Crippen LogP contribution in [0.25, 0.3) is 5.69 Å². The van der Waals surface area contributed by atoms with E-state index in [1.165, 1.54) is 0 Å². The first-order valence-corrected chi connectivity index (χ1v) is 9.60. The molecule has 2 aromatic heterocycles. The van der Waals surface area contributed by atoms with E-state index >= 15 is 0 Å². The first kappa shape index (κ1) is 17.7. The molecular weight excluding hydrogens is 340 g/mol. The number of likely N-dealkylation sites (tertiary alicyclic amines) is 1. The molecule has 4 rings (SSSR count). The Kier molecular flexibility index (Phi) is 4.94. The van der Waals surface area contributed by atoms with E-state index in [1.54, 1.807) is 4.57 Å². The number of H-pyrrole nitrogens is 1. The van der Waals surface area contributed by atoms with Crippen molar-refractivity contribution in [2.45, 2.75) is 45.2 Å². The maximum absolute atomic E-state index is 12.4. The van der Waals surface area contributed by atoms with Crippen molar-refractivity contribution in [3.8, 4) is 5.69 Å². The van der Waals surface area contributed by atoms with E-state index in [0.29, 0.717) is 6.04 Å². The van der Waals surface area contributed by atoms with Crippen LogP contribution in [-0.2, 0) is 6.54 Å². The first-order valence-electron chi connectivity index (χ1n) is 9.60. The number of aromatic nitrogens is 5. The standard InChI is InChI=1S/C20H26N6O/c1-15(2)25-12-10-21-18(25)14-24-11-6-7-16(13-24)19-22-23-20(27)26(19)17-8-4-3-5-9-17/h3-5,8-10,12,15-16H,6-7,11,13-14H2,1-2H3,(H,23,27). The number of para-hydroxylation sites is 1. The highest BCUT2D eigenvalue weighted by Gasteiger charge is 2.27. The third-order valence-corrected chi connectivity index (χ3v) is 5.25. The fourth-order valence-electron chi connectivity index (χ4n) is 3.96. The average Bonchev–Trinajstić information content (AvgIpc) is 3.29. The summed E-state index contributed by atoms with van der Waals surface area (Å²) >= 11 is 0. The number of nitrogens with zero attached hydrogens (tertiary/aromatic N) is 5. The summed E-state index contributed by atoms with van der Waals surface area (Å²) in [5, 5.41) is 7.01.